The maximum atomic E-state index is 12.9. The first-order valence-corrected chi connectivity index (χ1v) is 10.3. The largest absolute Gasteiger partial charge is 0.495 e. The van der Waals surface area contributed by atoms with Crippen LogP contribution in [0.5, 0.6) is 17.2 Å². The number of hydrogen-bond acceptors (Lipinski definition) is 6. The van der Waals surface area contributed by atoms with E-state index in [2.05, 4.69) is 5.32 Å². The van der Waals surface area contributed by atoms with Gasteiger partial charge in [-0.25, -0.2) is 8.42 Å². The summed E-state index contributed by atoms with van der Waals surface area (Å²) in [7, 11) is 1.61. The Morgan fingerprint density at radius 2 is 1.66 bits per heavy atom. The van der Waals surface area contributed by atoms with Gasteiger partial charge in [0.1, 0.15) is 22.1 Å². The molecule has 10 heteroatoms. The lowest BCUT2D eigenvalue weighted by Crippen LogP contribution is -2.35. The number of benzene rings is 2. The predicted octanol–water partition coefficient (Wildman–Crippen LogP) is 2.93. The molecule has 158 valence electrons. The summed E-state index contributed by atoms with van der Waals surface area (Å²) < 4.78 is 42.3. The Labute approximate surface area is 175 Å². The van der Waals surface area contributed by atoms with Crippen LogP contribution >= 0.6 is 11.6 Å². The van der Waals surface area contributed by atoms with Crippen molar-refractivity contribution in [1.82, 2.24) is 4.31 Å². The van der Waals surface area contributed by atoms with E-state index in [-0.39, 0.29) is 10.6 Å². The molecule has 8 nitrogen and oxygen atoms in total. The molecule has 0 bridgehead atoms. The van der Waals surface area contributed by atoms with Crippen molar-refractivity contribution in [2.45, 2.75) is 11.8 Å². The van der Waals surface area contributed by atoms with Crippen molar-refractivity contribution >= 4 is 33.2 Å². The summed E-state index contributed by atoms with van der Waals surface area (Å²) in [5, 5.41) is 2.93. The highest BCUT2D eigenvalue weighted by molar-refractivity contribution is 7.89. The number of amides is 1. The molecule has 29 heavy (non-hydrogen) atoms. The second-order valence-corrected chi connectivity index (χ2v) is 8.57. The Hall–Kier alpha value is -2.49. The van der Waals surface area contributed by atoms with Gasteiger partial charge in [0.2, 0.25) is 15.9 Å². The Kier molecular flexibility index (Phi) is 7.34. The molecule has 2 aromatic rings. The first kappa shape index (κ1) is 22.8. The molecule has 0 radical (unpaired) electrons. The monoisotopic (exact) mass is 442 g/mol. The number of ether oxygens (including phenoxy) is 3. The molecule has 0 aliphatic heterocycles. The molecule has 1 amide bonds. The fourth-order valence-electron chi connectivity index (χ4n) is 2.59. The van der Waals surface area contributed by atoms with E-state index in [0.29, 0.717) is 22.2 Å². The maximum absolute atomic E-state index is 12.9. The highest BCUT2D eigenvalue weighted by atomic mass is 35.5. The van der Waals surface area contributed by atoms with Gasteiger partial charge in [-0.1, -0.05) is 17.7 Å². The van der Waals surface area contributed by atoms with E-state index in [1.807, 2.05) is 0 Å². The van der Waals surface area contributed by atoms with Crippen molar-refractivity contribution < 1.29 is 27.4 Å². The molecular weight excluding hydrogens is 420 g/mol. The van der Waals surface area contributed by atoms with Gasteiger partial charge in [-0.05, 0) is 24.6 Å². The zero-order valence-corrected chi connectivity index (χ0v) is 18.3. The van der Waals surface area contributed by atoms with Crippen LogP contribution in [0.15, 0.2) is 35.2 Å². The third-order valence-electron chi connectivity index (χ3n) is 4.12. The summed E-state index contributed by atoms with van der Waals surface area (Å²) in [6.07, 6.45) is 0. The number of nitrogens with one attached hydrogen (secondary N) is 1. The standard InChI is InChI=1S/C19H23ClN2O6S/c1-12-6-7-15(26-3)18(8-12)29(24,25)22(2)11-19(23)21-14-10-16(27-4)13(20)9-17(14)28-5/h6-10H,11H2,1-5H3,(H,21,23). The Morgan fingerprint density at radius 3 is 2.24 bits per heavy atom. The Balaban J connectivity index is 2.24. The summed E-state index contributed by atoms with van der Waals surface area (Å²) in [4.78, 5) is 12.5. The van der Waals surface area contributed by atoms with Gasteiger partial charge in [0.25, 0.3) is 0 Å². The predicted molar refractivity (Wildman–Crippen MR) is 111 cm³/mol. The van der Waals surface area contributed by atoms with Crippen molar-refractivity contribution in [3.05, 3.63) is 40.9 Å². The summed E-state index contributed by atoms with van der Waals surface area (Å²) in [6.45, 7) is 1.35. The molecule has 0 spiro atoms. The van der Waals surface area contributed by atoms with Gasteiger partial charge in [-0.2, -0.15) is 4.31 Å². The van der Waals surface area contributed by atoms with Crippen molar-refractivity contribution in [2.75, 3.05) is 40.2 Å². The molecule has 0 aromatic heterocycles. The van der Waals surface area contributed by atoms with E-state index in [4.69, 9.17) is 25.8 Å². The lowest BCUT2D eigenvalue weighted by atomic mass is 10.2. The van der Waals surface area contributed by atoms with Gasteiger partial charge in [-0.15, -0.1) is 0 Å². The number of likely N-dealkylation sites (N-methyl/N-ethyl adjacent to an activating group) is 1. The van der Waals surface area contributed by atoms with Crippen LogP contribution in [-0.4, -0.2) is 53.6 Å². The van der Waals surface area contributed by atoms with Crippen molar-refractivity contribution in [1.29, 1.82) is 0 Å². The van der Waals surface area contributed by atoms with E-state index in [1.165, 1.54) is 46.6 Å². The van der Waals surface area contributed by atoms with E-state index >= 15 is 0 Å². The van der Waals surface area contributed by atoms with Crippen molar-refractivity contribution in [2.24, 2.45) is 0 Å². The zero-order chi connectivity index (χ0) is 21.8. The second kappa shape index (κ2) is 9.34. The van der Waals surface area contributed by atoms with Crippen LogP contribution < -0.4 is 19.5 Å². The molecule has 0 fully saturated rings. The molecule has 1 N–H and O–H groups in total. The van der Waals surface area contributed by atoms with Crippen molar-refractivity contribution in [3.8, 4) is 17.2 Å². The zero-order valence-electron chi connectivity index (χ0n) is 16.8. The van der Waals surface area contributed by atoms with Gasteiger partial charge in [-0.3, -0.25) is 4.79 Å². The smallest absolute Gasteiger partial charge is 0.246 e. The molecule has 0 atom stereocenters. The third-order valence-corrected chi connectivity index (χ3v) is 6.24. The fraction of sp³-hybridized carbons (Fsp3) is 0.316. The lowest BCUT2D eigenvalue weighted by molar-refractivity contribution is -0.116. The van der Waals surface area contributed by atoms with E-state index < -0.39 is 22.5 Å². The minimum Gasteiger partial charge on any atom is -0.495 e. The topological polar surface area (TPSA) is 94.2 Å². The minimum absolute atomic E-state index is 0.0129. The number of carbonyl (C=O) groups is 1. The first-order chi connectivity index (χ1) is 13.6. The molecule has 0 heterocycles. The molecule has 0 aliphatic rings. The van der Waals surface area contributed by atoms with Crippen LogP contribution in [0.25, 0.3) is 0 Å². The number of methoxy groups -OCH3 is 3. The van der Waals surface area contributed by atoms with Gasteiger partial charge in [0, 0.05) is 19.2 Å². The van der Waals surface area contributed by atoms with E-state index in [0.717, 1.165) is 9.87 Å². The molecule has 0 unspecified atom stereocenters. The molecule has 0 aliphatic carbocycles. The van der Waals surface area contributed by atoms with Gasteiger partial charge >= 0.3 is 0 Å². The Morgan fingerprint density at radius 1 is 1.03 bits per heavy atom. The Bertz CT molecular complexity index is 1010. The quantitative estimate of drug-likeness (QED) is 0.675. The average Bonchev–Trinajstić information content (AvgIpc) is 2.68. The van der Waals surface area contributed by atoms with E-state index in [9.17, 15) is 13.2 Å². The number of sulfonamides is 1. The number of carbonyl (C=O) groups excluding carboxylic acids is 1. The van der Waals surface area contributed by atoms with Crippen LogP contribution in [0.2, 0.25) is 5.02 Å². The number of anilines is 1. The number of nitrogens with zero attached hydrogens (tertiary/aromatic N) is 1. The van der Waals surface area contributed by atoms with E-state index in [1.54, 1.807) is 19.1 Å². The summed E-state index contributed by atoms with van der Waals surface area (Å²) in [5.41, 5.74) is 1.05. The highest BCUT2D eigenvalue weighted by Crippen LogP contribution is 2.36. The number of rotatable bonds is 8. The molecule has 0 saturated heterocycles. The highest BCUT2D eigenvalue weighted by Gasteiger charge is 2.27. The second-order valence-electron chi connectivity index (χ2n) is 6.15. The van der Waals surface area contributed by atoms with Crippen LogP contribution in [-0.2, 0) is 14.8 Å². The molecular formula is C19H23ClN2O6S. The van der Waals surface area contributed by atoms with Crippen molar-refractivity contribution in [3.63, 3.8) is 0 Å². The molecule has 2 rings (SSSR count). The number of aryl methyl sites for hydroxylation is 1. The SMILES string of the molecule is COc1cc(NC(=O)CN(C)S(=O)(=O)c2cc(C)ccc2OC)c(OC)cc1Cl. The summed E-state index contributed by atoms with van der Waals surface area (Å²) >= 11 is 6.05. The third kappa shape index (κ3) is 5.11. The number of halogens is 1. The van der Waals surface area contributed by atoms with Crippen LogP contribution in [0.3, 0.4) is 0 Å². The van der Waals surface area contributed by atoms with Gasteiger partial charge in [0.15, 0.2) is 0 Å². The normalized spacial score (nSPS) is 11.3. The minimum atomic E-state index is -3.96. The number of hydrogen-bond donors (Lipinski definition) is 1. The maximum Gasteiger partial charge on any atom is 0.246 e. The fourth-order valence-corrected chi connectivity index (χ4v) is 4.18. The average molecular weight is 443 g/mol. The summed E-state index contributed by atoms with van der Waals surface area (Å²) in [5.74, 6) is 0.292. The van der Waals surface area contributed by atoms with Crippen LogP contribution in [0.1, 0.15) is 5.56 Å². The lowest BCUT2D eigenvalue weighted by Gasteiger charge is -2.19. The van der Waals surface area contributed by atoms with Gasteiger partial charge in [0.05, 0.1) is 38.6 Å². The van der Waals surface area contributed by atoms with Gasteiger partial charge < -0.3 is 19.5 Å². The van der Waals surface area contributed by atoms with Crippen LogP contribution in [0, 0.1) is 6.92 Å². The molecule has 2 aromatic carbocycles. The van der Waals surface area contributed by atoms with Crippen LogP contribution in [0.4, 0.5) is 5.69 Å². The summed E-state index contributed by atoms with van der Waals surface area (Å²) in [6, 6.07) is 7.80. The first-order valence-electron chi connectivity index (χ1n) is 8.46. The molecule has 0 saturated carbocycles.